The van der Waals surface area contributed by atoms with Crippen molar-refractivity contribution in [3.63, 3.8) is 0 Å². The maximum Gasteiger partial charge on any atom is 0.326 e. The van der Waals surface area contributed by atoms with Crippen LogP contribution < -0.4 is 10.2 Å². The molecular weight excluding hydrogens is 496 g/mol. The summed E-state index contributed by atoms with van der Waals surface area (Å²) in [7, 11) is 1.87. The lowest BCUT2D eigenvalue weighted by molar-refractivity contribution is -0.138. The number of aryl methyl sites for hydroxylation is 3. The van der Waals surface area contributed by atoms with Crippen LogP contribution in [0.25, 0.3) is 33.2 Å². The molecule has 1 saturated heterocycles. The van der Waals surface area contributed by atoms with E-state index < -0.39 is 12.0 Å². The minimum absolute atomic E-state index is 0.160. The van der Waals surface area contributed by atoms with Crippen molar-refractivity contribution in [3.05, 3.63) is 66.2 Å². The van der Waals surface area contributed by atoms with Crippen LogP contribution in [0.5, 0.6) is 0 Å². The highest BCUT2D eigenvalue weighted by Crippen LogP contribution is 2.38. The summed E-state index contributed by atoms with van der Waals surface area (Å²) in [6, 6.07) is 12.5. The lowest BCUT2D eigenvalue weighted by Crippen LogP contribution is -2.36. The van der Waals surface area contributed by atoms with Crippen molar-refractivity contribution in [1.82, 2.24) is 19.7 Å². The average Bonchev–Trinajstić information content (AvgIpc) is 3.60. The topological polar surface area (TPSA) is 126 Å². The Hall–Kier alpha value is -4.73. The maximum absolute atomic E-state index is 13.0. The first-order valence-electron chi connectivity index (χ1n) is 12.8. The number of carbonyl (C=O) groups is 2. The van der Waals surface area contributed by atoms with Gasteiger partial charge in [0.05, 0.1) is 6.20 Å². The zero-order valence-electron chi connectivity index (χ0n) is 21.9. The van der Waals surface area contributed by atoms with Gasteiger partial charge in [0, 0.05) is 42.8 Å². The molecule has 39 heavy (non-hydrogen) atoms. The summed E-state index contributed by atoms with van der Waals surface area (Å²) in [5.41, 5.74) is 5.57. The maximum atomic E-state index is 13.0. The molecule has 1 aliphatic rings. The molecule has 10 nitrogen and oxygen atoms in total. The van der Waals surface area contributed by atoms with E-state index in [9.17, 15) is 14.7 Å². The molecule has 0 saturated carbocycles. The van der Waals surface area contributed by atoms with Crippen molar-refractivity contribution in [2.24, 2.45) is 13.0 Å². The molecule has 1 aliphatic heterocycles. The van der Waals surface area contributed by atoms with E-state index in [1.165, 1.54) is 0 Å². The first-order valence-corrected chi connectivity index (χ1v) is 12.8. The normalized spacial score (nSPS) is 17.3. The molecule has 1 amide bonds. The van der Waals surface area contributed by atoms with Crippen LogP contribution >= 0.6 is 0 Å². The second-order valence-electron chi connectivity index (χ2n) is 10.2. The predicted octanol–water partition coefficient (Wildman–Crippen LogP) is 4.70. The molecule has 0 unspecified atom stereocenters. The van der Waals surface area contributed by atoms with Gasteiger partial charge < -0.3 is 19.7 Å². The number of fused-ring (bicyclic) bond motifs is 3. The number of anilines is 2. The molecule has 5 aromatic rings. The van der Waals surface area contributed by atoms with Gasteiger partial charge in [-0.3, -0.25) is 9.48 Å². The fraction of sp³-hybridized carbons (Fsp3) is 0.276. The van der Waals surface area contributed by atoms with Crippen molar-refractivity contribution in [2.75, 3.05) is 16.8 Å². The predicted molar refractivity (Wildman–Crippen MR) is 148 cm³/mol. The number of aliphatic carboxylic acids is 1. The zero-order valence-corrected chi connectivity index (χ0v) is 21.9. The molecule has 198 valence electrons. The third kappa shape index (κ3) is 4.58. The summed E-state index contributed by atoms with van der Waals surface area (Å²) < 4.78 is 7.84. The second kappa shape index (κ2) is 9.54. The van der Waals surface area contributed by atoms with Gasteiger partial charge in [-0.15, -0.1) is 0 Å². The highest BCUT2D eigenvalue weighted by Gasteiger charge is 2.40. The molecule has 2 N–H and O–H groups in total. The molecule has 0 spiro atoms. The molecule has 1 fully saturated rings. The van der Waals surface area contributed by atoms with E-state index in [0.29, 0.717) is 47.0 Å². The van der Waals surface area contributed by atoms with E-state index in [1.807, 2.05) is 68.8 Å². The Bertz CT molecular complexity index is 1740. The van der Waals surface area contributed by atoms with E-state index in [2.05, 4.69) is 20.4 Å². The summed E-state index contributed by atoms with van der Waals surface area (Å²) in [6.07, 6.45) is 4.27. The molecule has 2 atom stereocenters. The number of nitrogens with zero attached hydrogens (tertiary/aromatic N) is 5. The smallest absolute Gasteiger partial charge is 0.326 e. The van der Waals surface area contributed by atoms with E-state index in [4.69, 9.17) is 4.42 Å². The third-order valence-corrected chi connectivity index (χ3v) is 7.26. The molecule has 3 aromatic heterocycles. The third-order valence-electron chi connectivity index (χ3n) is 7.26. The Morgan fingerprint density at radius 2 is 1.97 bits per heavy atom. The van der Waals surface area contributed by atoms with Gasteiger partial charge in [0.2, 0.25) is 5.91 Å². The molecule has 2 aromatic carbocycles. The van der Waals surface area contributed by atoms with Crippen molar-refractivity contribution in [3.8, 4) is 11.1 Å². The molecule has 0 bridgehead atoms. The van der Waals surface area contributed by atoms with Crippen LogP contribution in [0.3, 0.4) is 0 Å². The number of furan rings is 1. The fourth-order valence-electron chi connectivity index (χ4n) is 5.52. The van der Waals surface area contributed by atoms with Gasteiger partial charge in [-0.1, -0.05) is 18.2 Å². The molecular formula is C29H28N6O4. The van der Waals surface area contributed by atoms with Crippen molar-refractivity contribution in [2.45, 2.75) is 32.7 Å². The lowest BCUT2D eigenvalue weighted by Gasteiger charge is -2.22. The number of para-hydroxylation sites is 1. The van der Waals surface area contributed by atoms with E-state index in [0.717, 1.165) is 22.1 Å². The fourth-order valence-corrected chi connectivity index (χ4v) is 5.52. The Morgan fingerprint density at radius 1 is 1.15 bits per heavy atom. The number of carboxylic acids is 1. The largest absolute Gasteiger partial charge is 0.480 e. The van der Waals surface area contributed by atoms with Crippen LogP contribution in [-0.4, -0.2) is 49.3 Å². The van der Waals surface area contributed by atoms with Gasteiger partial charge in [-0.25, -0.2) is 14.8 Å². The number of amides is 1. The number of carbonyl (C=O) groups excluding carboxylic acids is 1. The van der Waals surface area contributed by atoms with Gasteiger partial charge in [0.15, 0.2) is 11.4 Å². The number of aromatic nitrogens is 4. The van der Waals surface area contributed by atoms with Gasteiger partial charge in [0.1, 0.15) is 23.0 Å². The van der Waals surface area contributed by atoms with E-state index in [1.54, 1.807) is 16.5 Å². The Labute approximate surface area is 224 Å². The average molecular weight is 525 g/mol. The van der Waals surface area contributed by atoms with Crippen LogP contribution in [0.2, 0.25) is 0 Å². The zero-order chi connectivity index (χ0) is 27.3. The molecule has 0 aliphatic carbocycles. The number of carboxylic acid groups (broad SMARTS) is 1. The minimum atomic E-state index is -0.958. The monoisotopic (exact) mass is 524 g/mol. The number of hydrogen-bond acceptors (Lipinski definition) is 7. The van der Waals surface area contributed by atoms with Crippen LogP contribution in [0.4, 0.5) is 11.5 Å². The molecule has 6 rings (SSSR count). The van der Waals surface area contributed by atoms with Crippen molar-refractivity contribution >= 4 is 45.5 Å². The summed E-state index contributed by atoms with van der Waals surface area (Å²) >= 11 is 0. The first-order chi connectivity index (χ1) is 18.8. The molecule has 0 radical (unpaired) electrons. The number of hydrogen-bond donors (Lipinski definition) is 2. The number of rotatable bonds is 6. The lowest BCUT2D eigenvalue weighted by atomic mass is 10.0. The summed E-state index contributed by atoms with van der Waals surface area (Å²) in [4.78, 5) is 36.2. The quantitative estimate of drug-likeness (QED) is 0.327. The molecule has 4 heterocycles. The molecule has 10 heteroatoms. The Kier molecular flexibility index (Phi) is 6.02. The van der Waals surface area contributed by atoms with Crippen molar-refractivity contribution in [1.29, 1.82) is 0 Å². The second-order valence-corrected chi connectivity index (χ2v) is 10.2. The van der Waals surface area contributed by atoms with Crippen LogP contribution in [-0.2, 0) is 16.6 Å². The van der Waals surface area contributed by atoms with Gasteiger partial charge in [0.25, 0.3) is 0 Å². The van der Waals surface area contributed by atoms with Crippen LogP contribution in [0.15, 0.2) is 59.3 Å². The summed E-state index contributed by atoms with van der Waals surface area (Å²) in [5, 5.41) is 18.1. The SMILES string of the molecule is Cc1nc(N2C[C@@H](CC(=O)Nc3ccc(-c4cnn(C)c4)c(C)c3)C[C@H]2C(=O)O)c2oc3ccccc3c2n1. The Balaban J connectivity index is 1.22. The van der Waals surface area contributed by atoms with Gasteiger partial charge >= 0.3 is 5.97 Å². The highest BCUT2D eigenvalue weighted by molar-refractivity contribution is 6.06. The van der Waals surface area contributed by atoms with Gasteiger partial charge in [-0.05, 0) is 61.6 Å². The van der Waals surface area contributed by atoms with Crippen molar-refractivity contribution < 1.29 is 19.1 Å². The Morgan fingerprint density at radius 3 is 2.72 bits per heavy atom. The van der Waals surface area contributed by atoms with Crippen LogP contribution in [0, 0.1) is 19.8 Å². The number of benzene rings is 2. The summed E-state index contributed by atoms with van der Waals surface area (Å²) in [5.74, 6) is -0.311. The standard InChI is InChI=1S/C29H28N6O4/c1-16-10-20(8-9-21(16)19-13-30-34(3)15-19)33-25(36)12-18-11-23(29(37)38)35(14-18)28-27-26(31-17(2)32-28)22-6-4-5-7-24(22)39-27/h4-10,13,15,18,23H,11-12,14H2,1-3H3,(H,33,36)(H,37,38)/t18-,23+/m1/s1. The van der Waals surface area contributed by atoms with Crippen LogP contribution in [0.1, 0.15) is 24.2 Å². The van der Waals surface area contributed by atoms with E-state index >= 15 is 0 Å². The highest BCUT2D eigenvalue weighted by atomic mass is 16.4. The first kappa shape index (κ1) is 24.6. The number of nitrogens with one attached hydrogen (secondary N) is 1. The minimum Gasteiger partial charge on any atom is -0.480 e. The van der Waals surface area contributed by atoms with E-state index in [-0.39, 0.29) is 18.2 Å². The summed E-state index contributed by atoms with van der Waals surface area (Å²) in [6.45, 7) is 4.14. The van der Waals surface area contributed by atoms with Gasteiger partial charge in [-0.2, -0.15) is 5.10 Å².